The SMILES string of the molecule is O=C(C1CN(Cc2cccc(Cl)c2)CCO1)N1CCCCC1. The molecule has 0 N–H and O–H groups in total. The zero-order valence-corrected chi connectivity index (χ0v) is 13.6. The molecule has 2 saturated heterocycles. The maximum absolute atomic E-state index is 12.6. The number of carbonyl (C=O) groups is 1. The molecule has 1 amide bonds. The van der Waals surface area contributed by atoms with Gasteiger partial charge in [0, 0.05) is 37.7 Å². The second-order valence-corrected chi connectivity index (χ2v) is 6.55. The first-order valence-electron chi connectivity index (χ1n) is 8.09. The highest BCUT2D eigenvalue weighted by molar-refractivity contribution is 6.30. The van der Waals surface area contributed by atoms with Crippen molar-refractivity contribution in [2.45, 2.75) is 31.9 Å². The Labute approximate surface area is 137 Å². The minimum atomic E-state index is -0.314. The highest BCUT2D eigenvalue weighted by Crippen LogP contribution is 2.17. The van der Waals surface area contributed by atoms with E-state index in [1.807, 2.05) is 23.1 Å². The van der Waals surface area contributed by atoms with Crippen molar-refractivity contribution in [2.75, 3.05) is 32.8 Å². The first kappa shape index (κ1) is 15.8. The molecular weight excluding hydrogens is 300 g/mol. The van der Waals surface area contributed by atoms with Crippen LogP contribution in [0.5, 0.6) is 0 Å². The van der Waals surface area contributed by atoms with Gasteiger partial charge >= 0.3 is 0 Å². The van der Waals surface area contributed by atoms with E-state index in [-0.39, 0.29) is 12.0 Å². The van der Waals surface area contributed by atoms with E-state index in [1.54, 1.807) is 0 Å². The second kappa shape index (κ2) is 7.44. The molecule has 1 atom stereocenters. The number of morpholine rings is 1. The van der Waals surface area contributed by atoms with Crippen LogP contribution in [0.25, 0.3) is 0 Å². The van der Waals surface area contributed by atoms with Gasteiger partial charge in [0.1, 0.15) is 6.10 Å². The standard InChI is InChI=1S/C17H23ClN2O2/c18-15-6-4-5-14(11-15)12-19-9-10-22-16(13-19)17(21)20-7-2-1-3-8-20/h4-6,11,16H,1-3,7-10,12-13H2. The fraction of sp³-hybridized carbons (Fsp3) is 0.588. The van der Waals surface area contributed by atoms with Gasteiger partial charge in [-0.15, -0.1) is 0 Å². The van der Waals surface area contributed by atoms with Crippen LogP contribution in [-0.4, -0.2) is 54.6 Å². The number of nitrogens with zero attached hydrogens (tertiary/aromatic N) is 2. The lowest BCUT2D eigenvalue weighted by Gasteiger charge is -2.36. The summed E-state index contributed by atoms with van der Waals surface area (Å²) >= 11 is 6.04. The van der Waals surface area contributed by atoms with Gasteiger partial charge in [-0.25, -0.2) is 0 Å². The third-order valence-corrected chi connectivity index (χ3v) is 4.62. The van der Waals surface area contributed by atoms with Gasteiger partial charge in [0.2, 0.25) is 0 Å². The molecule has 22 heavy (non-hydrogen) atoms. The van der Waals surface area contributed by atoms with Gasteiger partial charge in [-0.1, -0.05) is 23.7 Å². The Balaban J connectivity index is 1.57. The Morgan fingerprint density at radius 1 is 1.23 bits per heavy atom. The third-order valence-electron chi connectivity index (χ3n) is 4.39. The van der Waals surface area contributed by atoms with Crippen LogP contribution in [-0.2, 0) is 16.1 Å². The number of hydrogen-bond acceptors (Lipinski definition) is 3. The zero-order chi connectivity index (χ0) is 15.4. The van der Waals surface area contributed by atoms with Crippen molar-refractivity contribution in [2.24, 2.45) is 0 Å². The maximum Gasteiger partial charge on any atom is 0.253 e. The minimum Gasteiger partial charge on any atom is -0.366 e. The summed E-state index contributed by atoms with van der Waals surface area (Å²) in [5, 5.41) is 0.756. The van der Waals surface area contributed by atoms with E-state index in [1.165, 1.54) is 12.0 Å². The lowest BCUT2D eigenvalue weighted by atomic mass is 10.1. The van der Waals surface area contributed by atoms with Crippen LogP contribution in [0.2, 0.25) is 5.02 Å². The molecule has 2 fully saturated rings. The summed E-state index contributed by atoms with van der Waals surface area (Å²) in [6.07, 6.45) is 3.15. The largest absolute Gasteiger partial charge is 0.366 e. The average Bonchev–Trinajstić information content (AvgIpc) is 2.55. The molecule has 4 nitrogen and oxygen atoms in total. The first-order valence-corrected chi connectivity index (χ1v) is 8.47. The number of carbonyl (C=O) groups excluding carboxylic acids is 1. The molecule has 5 heteroatoms. The van der Waals surface area contributed by atoms with Gasteiger partial charge in [0.15, 0.2) is 0 Å². The molecular formula is C17H23ClN2O2. The van der Waals surface area contributed by atoms with Crippen LogP contribution < -0.4 is 0 Å². The van der Waals surface area contributed by atoms with Gasteiger partial charge < -0.3 is 9.64 Å². The third kappa shape index (κ3) is 4.00. The number of likely N-dealkylation sites (tertiary alicyclic amines) is 1. The van der Waals surface area contributed by atoms with Crippen molar-refractivity contribution in [1.82, 2.24) is 9.80 Å². The van der Waals surface area contributed by atoms with Gasteiger partial charge in [-0.05, 0) is 37.0 Å². The number of hydrogen-bond donors (Lipinski definition) is 0. The summed E-state index contributed by atoms with van der Waals surface area (Å²) < 4.78 is 5.73. The Kier molecular flexibility index (Phi) is 5.34. The Hall–Kier alpha value is -1.10. The summed E-state index contributed by atoms with van der Waals surface area (Å²) in [5.41, 5.74) is 1.18. The van der Waals surface area contributed by atoms with Crippen LogP contribution in [0.1, 0.15) is 24.8 Å². The van der Waals surface area contributed by atoms with Gasteiger partial charge in [0.25, 0.3) is 5.91 Å². The predicted molar refractivity (Wildman–Crippen MR) is 86.9 cm³/mol. The molecule has 2 heterocycles. The van der Waals surface area contributed by atoms with Gasteiger partial charge in [-0.3, -0.25) is 9.69 Å². The summed E-state index contributed by atoms with van der Waals surface area (Å²) in [6, 6.07) is 7.91. The molecule has 0 spiro atoms. The highest BCUT2D eigenvalue weighted by atomic mass is 35.5. The van der Waals surface area contributed by atoms with Crippen molar-refractivity contribution in [3.8, 4) is 0 Å². The van der Waals surface area contributed by atoms with Gasteiger partial charge in [0.05, 0.1) is 6.61 Å². The maximum atomic E-state index is 12.6. The monoisotopic (exact) mass is 322 g/mol. The quantitative estimate of drug-likeness (QED) is 0.857. The van der Waals surface area contributed by atoms with E-state index >= 15 is 0 Å². The lowest BCUT2D eigenvalue weighted by Crippen LogP contribution is -2.51. The molecule has 0 bridgehead atoms. The highest BCUT2D eigenvalue weighted by Gasteiger charge is 2.30. The molecule has 0 radical (unpaired) electrons. The molecule has 0 saturated carbocycles. The molecule has 1 unspecified atom stereocenters. The summed E-state index contributed by atoms with van der Waals surface area (Å²) in [6.45, 7) is 4.72. The molecule has 120 valence electrons. The van der Waals surface area contributed by atoms with Crippen molar-refractivity contribution < 1.29 is 9.53 Å². The van der Waals surface area contributed by atoms with E-state index in [4.69, 9.17) is 16.3 Å². The van der Waals surface area contributed by atoms with Crippen LogP contribution in [0.4, 0.5) is 0 Å². The number of halogens is 1. The number of ether oxygens (including phenoxy) is 1. The van der Waals surface area contributed by atoms with Crippen molar-refractivity contribution >= 4 is 17.5 Å². The molecule has 1 aromatic rings. The smallest absolute Gasteiger partial charge is 0.253 e. The summed E-state index contributed by atoms with van der Waals surface area (Å²) in [5.74, 6) is 0.162. The van der Waals surface area contributed by atoms with E-state index < -0.39 is 0 Å². The first-order chi connectivity index (χ1) is 10.7. The Bertz CT molecular complexity index is 517. The fourth-order valence-electron chi connectivity index (χ4n) is 3.21. The Morgan fingerprint density at radius 3 is 2.82 bits per heavy atom. The number of amides is 1. The normalized spacial score (nSPS) is 23.5. The zero-order valence-electron chi connectivity index (χ0n) is 12.8. The van der Waals surface area contributed by atoms with E-state index in [2.05, 4.69) is 11.0 Å². The molecule has 2 aliphatic heterocycles. The Morgan fingerprint density at radius 2 is 2.05 bits per heavy atom. The van der Waals surface area contributed by atoms with Crippen molar-refractivity contribution in [3.63, 3.8) is 0 Å². The lowest BCUT2D eigenvalue weighted by molar-refractivity contribution is -0.150. The van der Waals surface area contributed by atoms with Crippen molar-refractivity contribution in [3.05, 3.63) is 34.9 Å². The van der Waals surface area contributed by atoms with E-state index in [9.17, 15) is 4.79 Å². The van der Waals surface area contributed by atoms with Crippen LogP contribution in [0.3, 0.4) is 0 Å². The van der Waals surface area contributed by atoms with Gasteiger partial charge in [-0.2, -0.15) is 0 Å². The molecule has 1 aromatic carbocycles. The predicted octanol–water partition coefficient (Wildman–Crippen LogP) is 2.55. The molecule has 0 aliphatic carbocycles. The fourth-order valence-corrected chi connectivity index (χ4v) is 3.42. The van der Waals surface area contributed by atoms with Crippen molar-refractivity contribution in [1.29, 1.82) is 0 Å². The molecule has 2 aliphatic rings. The average molecular weight is 323 g/mol. The number of benzene rings is 1. The van der Waals surface area contributed by atoms with E-state index in [0.29, 0.717) is 13.2 Å². The van der Waals surface area contributed by atoms with Crippen LogP contribution in [0, 0.1) is 0 Å². The summed E-state index contributed by atoms with van der Waals surface area (Å²) in [4.78, 5) is 16.8. The number of piperidine rings is 1. The van der Waals surface area contributed by atoms with E-state index in [0.717, 1.165) is 44.0 Å². The molecule has 3 rings (SSSR count). The summed E-state index contributed by atoms with van der Waals surface area (Å²) in [7, 11) is 0. The molecule has 0 aromatic heterocycles. The number of rotatable bonds is 3. The van der Waals surface area contributed by atoms with Crippen LogP contribution >= 0.6 is 11.6 Å². The van der Waals surface area contributed by atoms with Crippen LogP contribution in [0.15, 0.2) is 24.3 Å². The second-order valence-electron chi connectivity index (χ2n) is 6.11. The topological polar surface area (TPSA) is 32.8 Å². The minimum absolute atomic E-state index is 0.162.